The Balaban J connectivity index is 1.15. The van der Waals surface area contributed by atoms with Crippen molar-refractivity contribution < 1.29 is 47.9 Å². The molecule has 0 aliphatic heterocycles. The van der Waals surface area contributed by atoms with Gasteiger partial charge in [0.15, 0.2) is 17.5 Å². The number of rotatable bonds is 24. The number of nitro benzene ring substituents is 1. The van der Waals surface area contributed by atoms with Crippen LogP contribution in [-0.4, -0.2) is 72.3 Å². The van der Waals surface area contributed by atoms with Crippen molar-refractivity contribution in [2.45, 2.75) is 78.4 Å². The number of guanidine groups is 1. The van der Waals surface area contributed by atoms with Crippen molar-refractivity contribution in [1.82, 2.24) is 10.6 Å². The molecule has 360 valence electrons. The van der Waals surface area contributed by atoms with Crippen LogP contribution in [0.15, 0.2) is 102 Å². The van der Waals surface area contributed by atoms with E-state index in [2.05, 4.69) is 20.9 Å². The number of Topliss-reactive ketones (excluding diaryl/α,β-unsaturated/α-hetero) is 2. The summed E-state index contributed by atoms with van der Waals surface area (Å²) in [4.78, 5) is 94.4. The maximum absolute atomic E-state index is 14.0. The van der Waals surface area contributed by atoms with Gasteiger partial charge in [0, 0.05) is 55.0 Å². The number of ketones is 2. The summed E-state index contributed by atoms with van der Waals surface area (Å²) < 4.78 is 15.8. The number of nitrogens with two attached hydrogens (primary N) is 2. The fourth-order valence-electron chi connectivity index (χ4n) is 7.93. The molecule has 68 heavy (non-hydrogen) atoms. The molecule has 0 aromatic heterocycles. The van der Waals surface area contributed by atoms with Gasteiger partial charge < -0.3 is 41.6 Å². The van der Waals surface area contributed by atoms with Crippen molar-refractivity contribution in [1.29, 1.82) is 0 Å². The van der Waals surface area contributed by atoms with E-state index in [0.29, 0.717) is 24.1 Å². The fraction of sp³-hybridized carbons (Fsp3) is 0.380. The van der Waals surface area contributed by atoms with Crippen LogP contribution in [0.3, 0.4) is 0 Å². The highest BCUT2D eigenvalue weighted by Crippen LogP contribution is 2.44. The highest BCUT2D eigenvalue weighted by Gasteiger charge is 2.34. The Morgan fingerprint density at radius 1 is 0.809 bits per heavy atom. The molecule has 18 nitrogen and oxygen atoms in total. The van der Waals surface area contributed by atoms with Crippen molar-refractivity contribution in [3.8, 4) is 16.9 Å². The number of amides is 3. The number of nitrogens with zero attached hydrogens (tertiary/aromatic N) is 2. The number of nitrogens with one attached hydrogen (secondary N) is 3. The summed E-state index contributed by atoms with van der Waals surface area (Å²) in [5, 5.41) is 19.1. The van der Waals surface area contributed by atoms with Crippen LogP contribution in [-0.2, 0) is 35.3 Å². The average molecular weight is 934 g/mol. The zero-order valence-electron chi connectivity index (χ0n) is 38.6. The molecule has 0 spiro atoms. The third-order valence-electron chi connectivity index (χ3n) is 11.9. The first-order chi connectivity index (χ1) is 32.5. The summed E-state index contributed by atoms with van der Waals surface area (Å²) in [6.45, 7) is 7.07. The number of carbonyl (C=O) groups is 6. The number of anilines is 1. The summed E-state index contributed by atoms with van der Waals surface area (Å²) >= 11 is 0. The summed E-state index contributed by atoms with van der Waals surface area (Å²) in [6, 6.07) is 26.3. The lowest BCUT2D eigenvalue weighted by atomic mass is 9.85. The highest BCUT2D eigenvalue weighted by atomic mass is 16.7. The Hall–Kier alpha value is -7.63. The second-order valence-corrected chi connectivity index (χ2v) is 17.0. The number of aliphatic imine (C=N–C) groups is 1. The second kappa shape index (κ2) is 24.8. The lowest BCUT2D eigenvalue weighted by molar-refractivity contribution is -0.384. The van der Waals surface area contributed by atoms with Crippen molar-refractivity contribution in [3.63, 3.8) is 0 Å². The van der Waals surface area contributed by atoms with E-state index in [1.807, 2.05) is 62.4 Å². The molecule has 1 aliphatic carbocycles. The number of carbonyl (C=O) groups excluding carboxylic acids is 6. The average Bonchev–Trinajstić information content (AvgIpc) is 3.64. The lowest BCUT2D eigenvalue weighted by Gasteiger charge is -2.28. The standard InChI is InChI=1S/C50H59N7O11/c1-5-31(4)42(26-36(58)27-54-49(62)66-29-43-40-14-8-6-12-38(40)39-13-7-9-15-41(39)43)47(61)56-45(30(2)3)44(59)25-33(11-10-24-53-48(51)52)46(60)55-34-18-16-32(17-19-34)28-67-50(63)68-37-22-20-35(21-23-37)57(64)65/h6-9,12-23,30-31,33,42-43,45H,5,10-11,24-29H2,1-4H3,(H,54,62)(H,55,60)(H,56,61)(H4,51,52,53)/t31?,33-,42-,45+/m1/s1. The Kier molecular flexibility index (Phi) is 18.7. The zero-order valence-corrected chi connectivity index (χ0v) is 38.6. The monoisotopic (exact) mass is 933 g/mol. The molecule has 3 amide bonds. The van der Waals surface area contributed by atoms with Crippen molar-refractivity contribution >= 4 is 53.0 Å². The molecule has 4 atom stereocenters. The smallest absolute Gasteiger partial charge is 0.449 e. The Labute approximate surface area is 394 Å². The Bertz CT molecular complexity index is 2410. The van der Waals surface area contributed by atoms with E-state index in [1.54, 1.807) is 38.1 Å². The lowest BCUT2D eigenvalue weighted by Crippen LogP contribution is -2.49. The van der Waals surface area contributed by atoms with Gasteiger partial charge in [-0.05, 0) is 76.8 Å². The van der Waals surface area contributed by atoms with E-state index in [0.717, 1.165) is 22.3 Å². The maximum atomic E-state index is 14.0. The number of benzene rings is 4. The molecule has 0 bridgehead atoms. The van der Waals surface area contributed by atoms with E-state index in [9.17, 15) is 38.9 Å². The molecule has 18 heteroatoms. The van der Waals surface area contributed by atoms with Crippen LogP contribution in [0.2, 0.25) is 0 Å². The Morgan fingerprint density at radius 2 is 1.44 bits per heavy atom. The fourth-order valence-corrected chi connectivity index (χ4v) is 7.93. The third kappa shape index (κ3) is 14.7. The summed E-state index contributed by atoms with van der Waals surface area (Å²) in [7, 11) is 0. The molecular formula is C50H59N7O11. The van der Waals surface area contributed by atoms with Crippen LogP contribution in [0.1, 0.15) is 82.4 Å². The van der Waals surface area contributed by atoms with Crippen LogP contribution in [0.5, 0.6) is 5.75 Å². The van der Waals surface area contributed by atoms with Gasteiger partial charge in [-0.1, -0.05) is 94.8 Å². The molecule has 1 aliphatic rings. The third-order valence-corrected chi connectivity index (χ3v) is 11.9. The normalized spacial score (nSPS) is 13.4. The molecule has 0 radical (unpaired) electrons. The van der Waals surface area contributed by atoms with Crippen molar-refractivity contribution in [2.75, 3.05) is 25.0 Å². The quantitative estimate of drug-likeness (QED) is 0.00887. The minimum atomic E-state index is -1.02. The van der Waals surface area contributed by atoms with E-state index in [1.165, 1.54) is 24.3 Å². The minimum Gasteiger partial charge on any atom is -0.449 e. The molecular weight excluding hydrogens is 875 g/mol. The van der Waals surface area contributed by atoms with Gasteiger partial charge in [-0.25, -0.2) is 9.59 Å². The number of fused-ring (bicyclic) bond motifs is 3. The minimum absolute atomic E-state index is 0.0636. The molecule has 0 saturated heterocycles. The first-order valence-corrected chi connectivity index (χ1v) is 22.5. The first-order valence-electron chi connectivity index (χ1n) is 22.5. The van der Waals surface area contributed by atoms with Gasteiger partial charge in [0.05, 0.1) is 17.5 Å². The SMILES string of the molecule is CCC(C)[C@@H](CC(=O)CNC(=O)OCC1c2ccccc2-c2ccccc21)C(=O)N[C@H](C(=O)C[C@@H](CCCN=C(N)N)C(=O)Nc1ccc(COC(=O)Oc2ccc([N+](=O)[O-])cc2)cc1)C(C)C. The van der Waals surface area contributed by atoms with E-state index < -0.39 is 46.9 Å². The predicted octanol–water partition coefficient (Wildman–Crippen LogP) is 7.18. The van der Waals surface area contributed by atoms with E-state index in [-0.39, 0.29) is 92.3 Å². The molecule has 5 rings (SSSR count). The van der Waals surface area contributed by atoms with Crippen LogP contribution in [0.25, 0.3) is 11.1 Å². The van der Waals surface area contributed by atoms with Crippen LogP contribution < -0.4 is 32.2 Å². The first kappa shape index (κ1) is 51.4. The number of hydrogen-bond donors (Lipinski definition) is 5. The van der Waals surface area contributed by atoms with E-state index >= 15 is 0 Å². The van der Waals surface area contributed by atoms with Gasteiger partial charge in [0.25, 0.3) is 5.69 Å². The highest BCUT2D eigenvalue weighted by molar-refractivity contribution is 5.98. The molecule has 0 fully saturated rings. The topological polar surface area (TPSA) is 274 Å². The van der Waals surface area contributed by atoms with Gasteiger partial charge in [0.1, 0.15) is 19.0 Å². The molecule has 1 unspecified atom stereocenters. The molecule has 7 N–H and O–H groups in total. The molecule has 0 heterocycles. The number of hydrogen-bond acceptors (Lipinski definition) is 12. The Morgan fingerprint density at radius 3 is 2.03 bits per heavy atom. The van der Waals surface area contributed by atoms with E-state index in [4.69, 9.17) is 25.7 Å². The molecule has 4 aromatic rings. The van der Waals surface area contributed by atoms with Crippen molar-refractivity contribution in [2.24, 2.45) is 40.1 Å². The molecule has 0 saturated carbocycles. The van der Waals surface area contributed by atoms with Crippen molar-refractivity contribution in [3.05, 3.63) is 124 Å². The largest absolute Gasteiger partial charge is 0.514 e. The summed E-state index contributed by atoms with van der Waals surface area (Å²) in [5.74, 6) is -4.19. The summed E-state index contributed by atoms with van der Waals surface area (Å²) in [5.41, 5.74) is 16.1. The number of alkyl carbamates (subject to hydrolysis) is 1. The number of nitro groups is 1. The maximum Gasteiger partial charge on any atom is 0.514 e. The number of ether oxygens (including phenoxy) is 3. The van der Waals surface area contributed by atoms with Crippen LogP contribution in [0.4, 0.5) is 21.0 Å². The summed E-state index contributed by atoms with van der Waals surface area (Å²) in [6.07, 6.45) is -1.02. The van der Waals surface area contributed by atoms with Crippen LogP contribution >= 0.6 is 0 Å². The van der Waals surface area contributed by atoms with Gasteiger partial charge in [-0.2, -0.15) is 0 Å². The van der Waals surface area contributed by atoms with Crippen LogP contribution in [0, 0.1) is 33.8 Å². The van der Waals surface area contributed by atoms with Gasteiger partial charge in [0.2, 0.25) is 11.8 Å². The second-order valence-electron chi connectivity index (χ2n) is 17.0. The predicted molar refractivity (Wildman–Crippen MR) is 254 cm³/mol. The van der Waals surface area contributed by atoms with Gasteiger partial charge in [-0.3, -0.25) is 34.3 Å². The van der Waals surface area contributed by atoms with Gasteiger partial charge in [-0.15, -0.1) is 0 Å². The van der Waals surface area contributed by atoms with Gasteiger partial charge >= 0.3 is 12.2 Å². The zero-order chi connectivity index (χ0) is 49.3. The molecule has 4 aromatic carbocycles. The number of non-ortho nitro benzene ring substituents is 1.